The largest absolute Gasteiger partial charge is 0.481 e. The first-order valence-corrected chi connectivity index (χ1v) is 8.39. The molecule has 2 rings (SSSR count). The summed E-state index contributed by atoms with van der Waals surface area (Å²) >= 11 is 0. The van der Waals surface area contributed by atoms with E-state index in [-0.39, 0.29) is 18.5 Å². The van der Waals surface area contributed by atoms with Gasteiger partial charge in [0.15, 0.2) is 0 Å². The predicted octanol–water partition coefficient (Wildman–Crippen LogP) is 4.36. The SMILES string of the molecule is CC(C)CC(CC(=O)O)NC(=O)Nc1ccc(-c2ccccc2)cc1. The van der Waals surface area contributed by atoms with Gasteiger partial charge in [-0.1, -0.05) is 56.3 Å². The minimum Gasteiger partial charge on any atom is -0.481 e. The molecule has 2 aromatic carbocycles. The smallest absolute Gasteiger partial charge is 0.319 e. The molecule has 0 fully saturated rings. The number of nitrogens with one attached hydrogen (secondary N) is 2. The Morgan fingerprint density at radius 3 is 2.12 bits per heavy atom. The summed E-state index contributed by atoms with van der Waals surface area (Å²) in [6.07, 6.45) is 0.533. The van der Waals surface area contributed by atoms with Crippen LogP contribution >= 0.6 is 0 Å². The van der Waals surface area contributed by atoms with Gasteiger partial charge in [-0.15, -0.1) is 0 Å². The maximum Gasteiger partial charge on any atom is 0.319 e. The van der Waals surface area contributed by atoms with Crippen molar-refractivity contribution in [2.75, 3.05) is 5.32 Å². The van der Waals surface area contributed by atoms with Crippen LogP contribution in [0.5, 0.6) is 0 Å². The Balaban J connectivity index is 1.96. The summed E-state index contributed by atoms with van der Waals surface area (Å²) in [5.41, 5.74) is 2.84. The number of hydrogen-bond acceptors (Lipinski definition) is 2. The molecule has 2 amide bonds. The maximum absolute atomic E-state index is 12.1. The molecule has 5 heteroatoms. The highest BCUT2D eigenvalue weighted by Crippen LogP contribution is 2.21. The van der Waals surface area contributed by atoms with Crippen molar-refractivity contribution in [3.63, 3.8) is 0 Å². The summed E-state index contributed by atoms with van der Waals surface area (Å²) in [6.45, 7) is 3.99. The van der Waals surface area contributed by atoms with Crippen LogP contribution in [0.4, 0.5) is 10.5 Å². The van der Waals surface area contributed by atoms with E-state index in [1.165, 1.54) is 0 Å². The average Bonchev–Trinajstić information content (AvgIpc) is 2.55. The zero-order valence-electron chi connectivity index (χ0n) is 14.5. The summed E-state index contributed by atoms with van der Waals surface area (Å²) < 4.78 is 0. The third-order valence-electron chi connectivity index (χ3n) is 3.76. The molecule has 1 unspecified atom stereocenters. The van der Waals surface area contributed by atoms with E-state index in [4.69, 9.17) is 5.11 Å². The number of carboxylic acids is 1. The van der Waals surface area contributed by atoms with Crippen LogP contribution in [0.1, 0.15) is 26.7 Å². The van der Waals surface area contributed by atoms with Crippen molar-refractivity contribution in [2.45, 2.75) is 32.7 Å². The lowest BCUT2D eigenvalue weighted by atomic mass is 10.0. The van der Waals surface area contributed by atoms with Gasteiger partial charge in [0.05, 0.1) is 6.42 Å². The molecule has 3 N–H and O–H groups in total. The minimum absolute atomic E-state index is 0.0848. The molecule has 25 heavy (non-hydrogen) atoms. The molecule has 0 saturated carbocycles. The van der Waals surface area contributed by atoms with Crippen LogP contribution < -0.4 is 10.6 Å². The average molecular weight is 340 g/mol. The zero-order valence-corrected chi connectivity index (χ0v) is 14.5. The molecule has 0 radical (unpaired) electrons. The van der Waals surface area contributed by atoms with Gasteiger partial charge in [0, 0.05) is 11.7 Å². The molecule has 0 aliphatic heterocycles. The zero-order chi connectivity index (χ0) is 18.2. The Hall–Kier alpha value is -2.82. The predicted molar refractivity (Wildman–Crippen MR) is 99.5 cm³/mol. The van der Waals surface area contributed by atoms with E-state index < -0.39 is 5.97 Å². The molecular weight excluding hydrogens is 316 g/mol. The highest BCUT2D eigenvalue weighted by molar-refractivity contribution is 5.90. The van der Waals surface area contributed by atoms with E-state index in [9.17, 15) is 9.59 Å². The number of aliphatic carboxylic acids is 1. The number of amides is 2. The van der Waals surface area contributed by atoms with Crippen LogP contribution in [0, 0.1) is 5.92 Å². The van der Waals surface area contributed by atoms with Crippen molar-refractivity contribution in [3.05, 3.63) is 54.6 Å². The second-order valence-corrected chi connectivity index (χ2v) is 6.47. The Bertz CT molecular complexity index is 697. The number of anilines is 1. The first kappa shape index (κ1) is 18.5. The van der Waals surface area contributed by atoms with Gasteiger partial charge < -0.3 is 15.7 Å². The van der Waals surface area contributed by atoms with Gasteiger partial charge in [-0.25, -0.2) is 4.79 Å². The van der Waals surface area contributed by atoms with Gasteiger partial charge >= 0.3 is 12.0 Å². The van der Waals surface area contributed by atoms with Crippen LogP contribution in [-0.2, 0) is 4.79 Å². The third kappa shape index (κ3) is 6.30. The van der Waals surface area contributed by atoms with E-state index in [0.717, 1.165) is 11.1 Å². The molecule has 0 saturated heterocycles. The van der Waals surface area contributed by atoms with Crippen molar-refractivity contribution >= 4 is 17.7 Å². The Kier molecular flexibility index (Phi) is 6.57. The number of carbonyl (C=O) groups excluding carboxylic acids is 1. The third-order valence-corrected chi connectivity index (χ3v) is 3.76. The molecule has 0 aliphatic rings. The number of urea groups is 1. The summed E-state index contributed by atoms with van der Waals surface area (Å²) in [5.74, 6) is -0.618. The van der Waals surface area contributed by atoms with E-state index in [1.807, 2.05) is 68.4 Å². The number of rotatable bonds is 7. The van der Waals surface area contributed by atoms with Gasteiger partial charge in [0.1, 0.15) is 0 Å². The molecule has 2 aromatic rings. The van der Waals surface area contributed by atoms with E-state index in [1.54, 1.807) is 0 Å². The van der Waals surface area contributed by atoms with Gasteiger partial charge in [0.25, 0.3) is 0 Å². The van der Waals surface area contributed by atoms with Crippen molar-refractivity contribution in [2.24, 2.45) is 5.92 Å². The monoisotopic (exact) mass is 340 g/mol. The highest BCUT2D eigenvalue weighted by Gasteiger charge is 2.17. The lowest BCUT2D eigenvalue weighted by molar-refractivity contribution is -0.137. The Morgan fingerprint density at radius 1 is 0.960 bits per heavy atom. The quantitative estimate of drug-likeness (QED) is 0.700. The first-order chi connectivity index (χ1) is 11.9. The van der Waals surface area contributed by atoms with Gasteiger partial charge in [-0.2, -0.15) is 0 Å². The fourth-order valence-corrected chi connectivity index (χ4v) is 2.70. The van der Waals surface area contributed by atoms with Crippen molar-refractivity contribution < 1.29 is 14.7 Å². The normalized spacial score (nSPS) is 11.8. The molecule has 5 nitrogen and oxygen atoms in total. The van der Waals surface area contributed by atoms with Crippen molar-refractivity contribution in [3.8, 4) is 11.1 Å². The van der Waals surface area contributed by atoms with Crippen LogP contribution in [0.2, 0.25) is 0 Å². The van der Waals surface area contributed by atoms with Gasteiger partial charge in [-0.05, 0) is 35.6 Å². The molecule has 132 valence electrons. The summed E-state index contributed by atoms with van der Waals surface area (Å²) in [4.78, 5) is 23.1. The topological polar surface area (TPSA) is 78.4 Å². The van der Waals surface area contributed by atoms with Crippen LogP contribution in [0.3, 0.4) is 0 Å². The molecular formula is C20H24N2O3. The number of benzene rings is 2. The summed E-state index contributed by atoms with van der Waals surface area (Å²) in [5, 5.41) is 14.5. The first-order valence-electron chi connectivity index (χ1n) is 8.39. The fraction of sp³-hybridized carbons (Fsp3) is 0.300. The van der Waals surface area contributed by atoms with Gasteiger partial charge in [0.2, 0.25) is 0 Å². The molecule has 0 aliphatic carbocycles. The maximum atomic E-state index is 12.1. The van der Waals surface area contributed by atoms with E-state index in [0.29, 0.717) is 18.0 Å². The van der Waals surface area contributed by atoms with Crippen molar-refractivity contribution in [1.29, 1.82) is 0 Å². The van der Waals surface area contributed by atoms with Crippen LogP contribution in [-0.4, -0.2) is 23.1 Å². The van der Waals surface area contributed by atoms with Crippen LogP contribution in [0.15, 0.2) is 54.6 Å². The summed E-state index contributed by atoms with van der Waals surface area (Å²) in [7, 11) is 0. The Morgan fingerprint density at radius 2 is 1.56 bits per heavy atom. The molecule has 1 atom stereocenters. The lowest BCUT2D eigenvalue weighted by Crippen LogP contribution is -2.40. The fourth-order valence-electron chi connectivity index (χ4n) is 2.70. The lowest BCUT2D eigenvalue weighted by Gasteiger charge is -2.19. The molecule has 0 spiro atoms. The number of carboxylic acid groups (broad SMARTS) is 1. The minimum atomic E-state index is -0.918. The second-order valence-electron chi connectivity index (χ2n) is 6.47. The highest BCUT2D eigenvalue weighted by atomic mass is 16.4. The molecule has 0 aromatic heterocycles. The second kappa shape index (κ2) is 8.87. The number of carbonyl (C=O) groups is 2. The Labute approximate surface area is 148 Å². The molecule has 0 heterocycles. The van der Waals surface area contributed by atoms with E-state index >= 15 is 0 Å². The summed E-state index contributed by atoms with van der Waals surface area (Å²) in [6, 6.07) is 16.7. The standard InChI is InChI=1S/C20H24N2O3/c1-14(2)12-18(13-19(23)24)22-20(25)21-17-10-8-16(9-11-17)15-6-4-3-5-7-15/h3-11,14,18H,12-13H2,1-2H3,(H,23,24)(H2,21,22,25). The van der Waals surface area contributed by atoms with Gasteiger partial charge in [-0.3, -0.25) is 4.79 Å². The number of hydrogen-bond donors (Lipinski definition) is 3. The molecule has 0 bridgehead atoms. The van der Waals surface area contributed by atoms with Crippen molar-refractivity contribution in [1.82, 2.24) is 5.32 Å². The van der Waals surface area contributed by atoms with Crippen LogP contribution in [0.25, 0.3) is 11.1 Å². The van der Waals surface area contributed by atoms with E-state index in [2.05, 4.69) is 10.6 Å².